The molecular formula is C41H60O7Si. The average molecular weight is 693 g/mol. The highest BCUT2D eigenvalue weighted by molar-refractivity contribution is 6.74. The molecule has 1 aromatic carbocycles. The summed E-state index contributed by atoms with van der Waals surface area (Å²) in [4.78, 5) is 0. The van der Waals surface area contributed by atoms with Crippen LogP contribution in [0.25, 0.3) is 0 Å². The first-order valence-electron chi connectivity index (χ1n) is 19.1. The lowest BCUT2D eigenvalue weighted by molar-refractivity contribution is -0.208. The summed E-state index contributed by atoms with van der Waals surface area (Å²) in [5, 5.41) is 25.0. The van der Waals surface area contributed by atoms with Crippen molar-refractivity contribution in [1.82, 2.24) is 0 Å². The molecule has 0 bridgehead atoms. The van der Waals surface area contributed by atoms with Crippen molar-refractivity contribution in [3.8, 4) is 11.8 Å². The number of aliphatic hydroxyl groups is 2. The lowest BCUT2D eigenvalue weighted by Gasteiger charge is -2.57. The summed E-state index contributed by atoms with van der Waals surface area (Å²) in [6.07, 6.45) is 8.95. The van der Waals surface area contributed by atoms with E-state index in [1.54, 1.807) is 0 Å². The van der Waals surface area contributed by atoms with Crippen LogP contribution in [0.3, 0.4) is 0 Å². The number of hydrogen-bond acceptors (Lipinski definition) is 7. The predicted molar refractivity (Wildman–Crippen MR) is 192 cm³/mol. The van der Waals surface area contributed by atoms with E-state index in [1.165, 1.54) is 22.3 Å². The van der Waals surface area contributed by atoms with Gasteiger partial charge in [-0.3, -0.25) is 0 Å². The Balaban J connectivity index is 1.20. The van der Waals surface area contributed by atoms with Crippen LogP contribution in [-0.4, -0.2) is 68.2 Å². The molecule has 2 N–H and O–H groups in total. The second-order valence-corrected chi connectivity index (χ2v) is 22.6. The van der Waals surface area contributed by atoms with Gasteiger partial charge in [0.25, 0.3) is 0 Å². The van der Waals surface area contributed by atoms with Crippen LogP contribution in [0.5, 0.6) is 0 Å². The molecule has 2 saturated heterocycles. The first kappa shape index (κ1) is 35.8. The minimum Gasteiger partial charge on any atom is -0.413 e. The van der Waals surface area contributed by atoms with Gasteiger partial charge in [-0.15, -0.1) is 0 Å². The number of allylic oxidation sites excluding steroid dienone is 1. The number of hydrogen-bond donors (Lipinski definition) is 2. The quantitative estimate of drug-likeness (QED) is 0.179. The van der Waals surface area contributed by atoms with E-state index >= 15 is 0 Å². The standard InChI is InChI=1S/C41H60O7Si/c1-37(2,3)49(5,6)48-27-29-11-13-30(14-12-29)32-26-38(4)33(16-20-40(38,43)18-9-23-45-35-10-7-8-22-44-35)31-15-19-39(42)28-41(46-24-25-47-41)21-17-34(39)36(31)32/h11-14,31-33,35,42-43H,7-8,10,15-17,19-28H2,1-6H3/t31?,32-,33?,35?,38+,39-,40+/m1/s1. The fourth-order valence-corrected chi connectivity index (χ4v) is 11.0. The molecule has 0 aromatic heterocycles. The summed E-state index contributed by atoms with van der Waals surface area (Å²) in [6, 6.07) is 9.02. The molecule has 7 rings (SSSR count). The van der Waals surface area contributed by atoms with Gasteiger partial charge in [0.1, 0.15) is 12.2 Å². The molecule has 270 valence electrons. The summed E-state index contributed by atoms with van der Waals surface area (Å²) >= 11 is 0. The molecule has 8 heteroatoms. The van der Waals surface area contributed by atoms with Gasteiger partial charge in [0.2, 0.25) is 0 Å². The average Bonchev–Trinajstić information content (AvgIpc) is 3.62. The van der Waals surface area contributed by atoms with Crippen molar-refractivity contribution in [2.24, 2.45) is 17.3 Å². The zero-order valence-electron chi connectivity index (χ0n) is 30.9. The Labute approximate surface area is 295 Å². The van der Waals surface area contributed by atoms with E-state index in [9.17, 15) is 10.2 Å². The fraction of sp³-hybridized carbons (Fsp3) is 0.756. The van der Waals surface area contributed by atoms with Gasteiger partial charge >= 0.3 is 0 Å². The van der Waals surface area contributed by atoms with E-state index in [4.69, 9.17) is 23.4 Å². The molecule has 2 heterocycles. The predicted octanol–water partition coefficient (Wildman–Crippen LogP) is 7.75. The van der Waals surface area contributed by atoms with Crippen molar-refractivity contribution in [3.05, 3.63) is 46.5 Å². The molecule has 7 atom stereocenters. The van der Waals surface area contributed by atoms with E-state index in [2.05, 4.69) is 76.9 Å². The van der Waals surface area contributed by atoms with Crippen LogP contribution in [0.1, 0.15) is 115 Å². The van der Waals surface area contributed by atoms with E-state index < -0.39 is 30.7 Å². The molecule has 3 saturated carbocycles. The Hall–Kier alpha value is -1.54. The third-order valence-electron chi connectivity index (χ3n) is 13.9. The Kier molecular flexibility index (Phi) is 9.62. The SMILES string of the molecule is CC(C)(C)[Si](C)(C)OCc1ccc([C@H]2C[C@@]3(C)C(CC[C@@]3(O)C#CCOC3CCCCO3)C3CC[C@@]4(O)CC5(CCC4=C32)OCCO5)cc1. The smallest absolute Gasteiger partial charge is 0.192 e. The number of fused-ring (bicyclic) bond motifs is 4. The summed E-state index contributed by atoms with van der Waals surface area (Å²) in [6.45, 7) is 16.5. The highest BCUT2D eigenvalue weighted by Gasteiger charge is 2.64. The maximum atomic E-state index is 12.4. The Morgan fingerprint density at radius 1 is 0.959 bits per heavy atom. The van der Waals surface area contributed by atoms with Crippen molar-refractivity contribution < 1.29 is 33.6 Å². The summed E-state index contributed by atoms with van der Waals surface area (Å²) in [7, 11) is -1.88. The molecule has 49 heavy (non-hydrogen) atoms. The maximum Gasteiger partial charge on any atom is 0.192 e. The number of rotatable bonds is 6. The van der Waals surface area contributed by atoms with Gasteiger partial charge in [-0.1, -0.05) is 69.4 Å². The van der Waals surface area contributed by atoms with Crippen LogP contribution in [0.4, 0.5) is 0 Å². The van der Waals surface area contributed by atoms with E-state index in [0.717, 1.165) is 58.0 Å². The molecule has 6 aliphatic rings. The normalized spacial score (nSPS) is 37.3. The van der Waals surface area contributed by atoms with Gasteiger partial charge in [0.05, 0.1) is 25.4 Å². The van der Waals surface area contributed by atoms with Crippen LogP contribution < -0.4 is 0 Å². The molecule has 1 spiro atoms. The molecule has 1 aromatic rings. The van der Waals surface area contributed by atoms with Crippen LogP contribution in [0, 0.1) is 29.1 Å². The summed E-state index contributed by atoms with van der Waals surface area (Å²) in [5.74, 6) is 6.61. The van der Waals surface area contributed by atoms with Crippen LogP contribution in [0.2, 0.25) is 18.1 Å². The lowest BCUT2D eigenvalue weighted by atomic mass is 9.49. The van der Waals surface area contributed by atoms with E-state index in [-0.39, 0.29) is 23.9 Å². The highest BCUT2D eigenvalue weighted by Crippen LogP contribution is 2.68. The van der Waals surface area contributed by atoms with Gasteiger partial charge in [-0.2, -0.15) is 0 Å². The summed E-state index contributed by atoms with van der Waals surface area (Å²) in [5.41, 5.74) is 2.65. The van der Waals surface area contributed by atoms with Gasteiger partial charge in [0.15, 0.2) is 20.4 Å². The molecule has 0 amide bonds. The van der Waals surface area contributed by atoms with Crippen LogP contribution in [0.15, 0.2) is 35.4 Å². The van der Waals surface area contributed by atoms with Gasteiger partial charge in [0, 0.05) is 30.8 Å². The van der Waals surface area contributed by atoms with Crippen molar-refractivity contribution in [1.29, 1.82) is 0 Å². The first-order valence-corrected chi connectivity index (χ1v) is 22.0. The zero-order chi connectivity index (χ0) is 34.7. The third kappa shape index (κ3) is 6.54. The number of benzene rings is 1. The van der Waals surface area contributed by atoms with E-state index in [0.29, 0.717) is 50.9 Å². The van der Waals surface area contributed by atoms with Crippen molar-refractivity contribution in [3.63, 3.8) is 0 Å². The third-order valence-corrected chi connectivity index (χ3v) is 18.4. The van der Waals surface area contributed by atoms with Gasteiger partial charge in [-0.05, 0) is 104 Å². The molecule has 3 unspecified atom stereocenters. The number of ether oxygens (including phenoxy) is 4. The fourth-order valence-electron chi connectivity index (χ4n) is 10.0. The topological polar surface area (TPSA) is 86.6 Å². The van der Waals surface area contributed by atoms with Crippen molar-refractivity contribution >= 4 is 8.32 Å². The largest absolute Gasteiger partial charge is 0.413 e. The second-order valence-electron chi connectivity index (χ2n) is 17.8. The molecule has 0 radical (unpaired) electrons. The minimum absolute atomic E-state index is 0.0845. The molecular weight excluding hydrogens is 633 g/mol. The Bertz CT molecular complexity index is 1460. The first-order chi connectivity index (χ1) is 23.2. The van der Waals surface area contributed by atoms with Gasteiger partial charge < -0.3 is 33.6 Å². The Morgan fingerprint density at radius 2 is 1.71 bits per heavy atom. The molecule has 7 nitrogen and oxygen atoms in total. The van der Waals surface area contributed by atoms with E-state index in [1.807, 2.05) is 0 Å². The molecule has 5 fully saturated rings. The molecule has 2 aliphatic heterocycles. The lowest BCUT2D eigenvalue weighted by Crippen LogP contribution is -2.55. The minimum atomic E-state index is -1.88. The molecule has 4 aliphatic carbocycles. The van der Waals surface area contributed by atoms with Crippen molar-refractivity contribution in [2.75, 3.05) is 26.4 Å². The zero-order valence-corrected chi connectivity index (χ0v) is 31.9. The Morgan fingerprint density at radius 3 is 2.41 bits per heavy atom. The monoisotopic (exact) mass is 692 g/mol. The van der Waals surface area contributed by atoms with Crippen LogP contribution >= 0.6 is 0 Å². The van der Waals surface area contributed by atoms with Crippen LogP contribution in [-0.2, 0) is 30.0 Å². The highest BCUT2D eigenvalue weighted by atomic mass is 28.4. The summed E-state index contributed by atoms with van der Waals surface area (Å²) < 4.78 is 30.5. The second kappa shape index (κ2) is 13.1. The van der Waals surface area contributed by atoms with Gasteiger partial charge in [-0.25, -0.2) is 0 Å². The van der Waals surface area contributed by atoms with Crippen molar-refractivity contribution in [2.45, 2.75) is 152 Å². The maximum absolute atomic E-state index is 12.4.